The van der Waals surface area contributed by atoms with Crippen molar-refractivity contribution in [3.05, 3.63) is 51.2 Å². The van der Waals surface area contributed by atoms with Crippen molar-refractivity contribution in [1.82, 2.24) is 9.80 Å². The monoisotopic (exact) mass is 488 g/mol. The summed E-state index contributed by atoms with van der Waals surface area (Å²) in [6.07, 6.45) is 4.39. The fourth-order valence-corrected chi connectivity index (χ4v) is 6.14. The SMILES string of the molecule is CN(C)C(=O)c1ccc(OCC[C@H]2CC23CCN(C(=O)C(C)(C)c2ccsc2)CC3)cc1Cl. The number of hydrogen-bond acceptors (Lipinski definition) is 4. The Labute approximate surface area is 205 Å². The fourth-order valence-electron chi connectivity index (χ4n) is 5.07. The van der Waals surface area contributed by atoms with E-state index in [4.69, 9.17) is 16.3 Å². The van der Waals surface area contributed by atoms with Crippen LogP contribution in [-0.2, 0) is 10.2 Å². The minimum Gasteiger partial charge on any atom is -0.494 e. The smallest absolute Gasteiger partial charge is 0.254 e. The second kappa shape index (κ2) is 9.30. The number of amides is 2. The maximum absolute atomic E-state index is 13.2. The van der Waals surface area contributed by atoms with Crippen LogP contribution in [0.3, 0.4) is 0 Å². The number of carbonyl (C=O) groups excluding carboxylic acids is 2. The number of ether oxygens (including phenoxy) is 1. The summed E-state index contributed by atoms with van der Waals surface area (Å²) in [6, 6.07) is 7.32. The quantitative estimate of drug-likeness (QED) is 0.518. The predicted octanol–water partition coefficient (Wildman–Crippen LogP) is 5.48. The van der Waals surface area contributed by atoms with Crippen LogP contribution in [0.5, 0.6) is 5.75 Å². The Kier molecular flexibility index (Phi) is 6.79. The second-order valence-electron chi connectivity index (χ2n) is 10.2. The highest BCUT2D eigenvalue weighted by Gasteiger charge is 2.55. The lowest BCUT2D eigenvalue weighted by Crippen LogP contribution is -2.47. The highest BCUT2D eigenvalue weighted by atomic mass is 35.5. The van der Waals surface area contributed by atoms with Gasteiger partial charge in [-0.25, -0.2) is 0 Å². The van der Waals surface area contributed by atoms with Crippen LogP contribution in [0.2, 0.25) is 5.02 Å². The Hall–Kier alpha value is -2.05. The molecule has 1 aromatic carbocycles. The van der Waals surface area contributed by atoms with Crippen molar-refractivity contribution in [2.24, 2.45) is 11.3 Å². The van der Waals surface area contributed by atoms with Gasteiger partial charge < -0.3 is 14.5 Å². The Morgan fingerprint density at radius 2 is 1.97 bits per heavy atom. The molecule has 1 aliphatic carbocycles. The molecule has 1 aliphatic heterocycles. The van der Waals surface area contributed by atoms with E-state index in [1.165, 1.54) is 11.3 Å². The van der Waals surface area contributed by atoms with Gasteiger partial charge in [-0.1, -0.05) is 11.6 Å². The van der Waals surface area contributed by atoms with Crippen molar-refractivity contribution >= 4 is 34.8 Å². The topological polar surface area (TPSA) is 49.9 Å². The zero-order valence-electron chi connectivity index (χ0n) is 19.9. The van der Waals surface area contributed by atoms with E-state index in [0.717, 1.165) is 37.9 Å². The molecule has 0 N–H and O–H groups in total. The third kappa shape index (κ3) is 4.92. The number of carbonyl (C=O) groups is 2. The van der Waals surface area contributed by atoms with Gasteiger partial charge in [0.15, 0.2) is 0 Å². The summed E-state index contributed by atoms with van der Waals surface area (Å²) in [4.78, 5) is 28.9. The average molecular weight is 489 g/mol. The third-order valence-electron chi connectivity index (χ3n) is 7.49. The molecule has 5 nitrogen and oxygen atoms in total. The van der Waals surface area contributed by atoms with Gasteiger partial charge in [0.25, 0.3) is 5.91 Å². The molecule has 0 bridgehead atoms. The molecule has 33 heavy (non-hydrogen) atoms. The van der Waals surface area contributed by atoms with E-state index in [1.807, 2.05) is 25.3 Å². The molecular formula is C26H33ClN2O3S. The standard InChI is InChI=1S/C26H33ClN2O3S/c1-25(2,19-8-14-33-17-19)24(31)29-11-9-26(10-12-29)16-18(26)7-13-32-20-5-6-21(22(27)15-20)23(30)28(3)4/h5-6,8,14-15,17-18H,7,9-13,16H2,1-4H3/t18-/m0/s1. The van der Waals surface area contributed by atoms with Crippen LogP contribution < -0.4 is 4.74 Å². The van der Waals surface area contributed by atoms with Gasteiger partial charge in [-0.15, -0.1) is 0 Å². The number of rotatable bonds is 7. The van der Waals surface area contributed by atoms with E-state index >= 15 is 0 Å². The lowest BCUT2D eigenvalue weighted by molar-refractivity contribution is -0.138. The Balaban J connectivity index is 1.24. The van der Waals surface area contributed by atoms with Crippen molar-refractivity contribution in [1.29, 1.82) is 0 Å². The first-order chi connectivity index (χ1) is 15.6. The van der Waals surface area contributed by atoms with E-state index < -0.39 is 5.41 Å². The first-order valence-electron chi connectivity index (χ1n) is 11.6. The molecule has 1 aromatic heterocycles. The zero-order chi connectivity index (χ0) is 23.8. The predicted molar refractivity (Wildman–Crippen MR) is 133 cm³/mol. The Morgan fingerprint density at radius 1 is 1.24 bits per heavy atom. The summed E-state index contributed by atoms with van der Waals surface area (Å²) in [6.45, 7) is 6.40. The first kappa shape index (κ1) is 24.1. The summed E-state index contributed by atoms with van der Waals surface area (Å²) < 4.78 is 5.94. The molecule has 178 valence electrons. The molecule has 4 rings (SSSR count). The van der Waals surface area contributed by atoms with Crippen molar-refractivity contribution in [2.45, 2.75) is 44.9 Å². The van der Waals surface area contributed by atoms with Crippen molar-refractivity contribution < 1.29 is 14.3 Å². The maximum atomic E-state index is 13.2. The summed E-state index contributed by atoms with van der Waals surface area (Å²) in [5.41, 5.74) is 1.51. The zero-order valence-corrected chi connectivity index (χ0v) is 21.5. The Morgan fingerprint density at radius 3 is 2.58 bits per heavy atom. The molecule has 0 radical (unpaired) electrons. The molecule has 2 aliphatic rings. The molecule has 1 saturated carbocycles. The number of hydrogen-bond donors (Lipinski definition) is 0. The van der Waals surface area contributed by atoms with Crippen LogP contribution in [0.15, 0.2) is 35.0 Å². The molecule has 1 saturated heterocycles. The van der Waals surface area contributed by atoms with E-state index in [-0.39, 0.29) is 11.8 Å². The molecule has 0 unspecified atom stereocenters. The molecule has 2 fully saturated rings. The van der Waals surface area contributed by atoms with Crippen LogP contribution >= 0.6 is 22.9 Å². The number of benzene rings is 1. The highest BCUT2D eigenvalue weighted by Crippen LogP contribution is 2.61. The summed E-state index contributed by atoms with van der Waals surface area (Å²) in [7, 11) is 3.42. The summed E-state index contributed by atoms with van der Waals surface area (Å²) in [5.74, 6) is 1.48. The van der Waals surface area contributed by atoms with Crippen LogP contribution in [0, 0.1) is 11.3 Å². The average Bonchev–Trinajstić information content (AvgIpc) is 3.18. The highest BCUT2D eigenvalue weighted by molar-refractivity contribution is 7.08. The number of thiophene rings is 1. The number of likely N-dealkylation sites (tertiary alicyclic amines) is 1. The molecule has 1 atom stereocenters. The molecule has 7 heteroatoms. The molecule has 2 aromatic rings. The molecular weight excluding hydrogens is 456 g/mol. The van der Waals surface area contributed by atoms with Crippen molar-refractivity contribution in [3.63, 3.8) is 0 Å². The van der Waals surface area contributed by atoms with E-state index in [9.17, 15) is 9.59 Å². The molecule has 2 amide bonds. The number of halogens is 1. The normalized spacial score (nSPS) is 19.4. The van der Waals surface area contributed by atoms with Gasteiger partial charge in [-0.05, 0) is 91.5 Å². The lowest BCUT2D eigenvalue weighted by atomic mass is 9.83. The van der Waals surface area contributed by atoms with Crippen LogP contribution in [0.4, 0.5) is 0 Å². The van der Waals surface area contributed by atoms with E-state index in [1.54, 1.807) is 37.6 Å². The van der Waals surface area contributed by atoms with Crippen molar-refractivity contribution in [2.75, 3.05) is 33.8 Å². The summed E-state index contributed by atoms with van der Waals surface area (Å²) >= 11 is 7.93. The lowest BCUT2D eigenvalue weighted by Gasteiger charge is -2.37. The van der Waals surface area contributed by atoms with Crippen LogP contribution in [0.25, 0.3) is 0 Å². The molecule has 1 spiro atoms. The van der Waals surface area contributed by atoms with Gasteiger partial charge in [-0.2, -0.15) is 11.3 Å². The minimum absolute atomic E-state index is 0.116. The minimum atomic E-state index is -0.463. The molecule has 2 heterocycles. The van der Waals surface area contributed by atoms with Gasteiger partial charge in [-0.3, -0.25) is 9.59 Å². The van der Waals surface area contributed by atoms with Crippen molar-refractivity contribution in [3.8, 4) is 5.75 Å². The van der Waals surface area contributed by atoms with Crippen LogP contribution in [-0.4, -0.2) is 55.4 Å². The third-order valence-corrected chi connectivity index (χ3v) is 8.49. The maximum Gasteiger partial charge on any atom is 0.254 e. The van der Waals surface area contributed by atoms with E-state index in [2.05, 4.69) is 16.3 Å². The number of piperidine rings is 1. The number of nitrogens with zero attached hydrogens (tertiary/aromatic N) is 2. The Bertz CT molecular complexity index is 1010. The van der Waals surface area contributed by atoms with Gasteiger partial charge in [0.2, 0.25) is 5.91 Å². The first-order valence-corrected chi connectivity index (χ1v) is 12.9. The van der Waals surface area contributed by atoms with Crippen LogP contribution in [0.1, 0.15) is 55.5 Å². The van der Waals surface area contributed by atoms with Gasteiger partial charge in [0.05, 0.1) is 22.6 Å². The largest absolute Gasteiger partial charge is 0.494 e. The van der Waals surface area contributed by atoms with E-state index in [0.29, 0.717) is 34.3 Å². The fraction of sp³-hybridized carbons (Fsp3) is 0.538. The second-order valence-corrected chi connectivity index (χ2v) is 11.4. The van der Waals surface area contributed by atoms with Gasteiger partial charge in [0, 0.05) is 27.2 Å². The summed E-state index contributed by atoms with van der Waals surface area (Å²) in [5, 5.41) is 4.54. The van der Waals surface area contributed by atoms with Gasteiger partial charge in [0.1, 0.15) is 5.75 Å². The van der Waals surface area contributed by atoms with Gasteiger partial charge >= 0.3 is 0 Å².